The lowest BCUT2D eigenvalue weighted by Crippen LogP contribution is -2.68. The van der Waals surface area contributed by atoms with Gasteiger partial charge in [0.1, 0.15) is 23.4 Å². The molecule has 3 amide bonds. The smallest absolute Gasteiger partial charge is 0.254 e. The van der Waals surface area contributed by atoms with Gasteiger partial charge in [0, 0.05) is 17.3 Å². The van der Waals surface area contributed by atoms with Crippen molar-refractivity contribution in [1.82, 2.24) is 10.2 Å². The van der Waals surface area contributed by atoms with Crippen LogP contribution >= 0.6 is 0 Å². The molecule has 3 aromatic rings. The van der Waals surface area contributed by atoms with Crippen LogP contribution in [0.4, 0.5) is 10.1 Å². The Balaban J connectivity index is 1.30. The van der Waals surface area contributed by atoms with E-state index in [0.717, 1.165) is 25.7 Å². The second-order valence-corrected chi connectivity index (χ2v) is 9.39. The normalized spacial score (nSPS) is 20.9. The summed E-state index contributed by atoms with van der Waals surface area (Å²) in [6.45, 7) is 0. The molecule has 0 spiro atoms. The van der Waals surface area contributed by atoms with E-state index < -0.39 is 11.9 Å². The monoisotopic (exact) mass is 501 g/mol. The highest BCUT2D eigenvalue weighted by molar-refractivity contribution is 6.01. The van der Waals surface area contributed by atoms with Crippen molar-refractivity contribution >= 4 is 23.4 Å². The maximum Gasteiger partial charge on any atom is 0.254 e. The summed E-state index contributed by atoms with van der Waals surface area (Å²) in [5.74, 6) is -0.222. The van der Waals surface area contributed by atoms with E-state index >= 15 is 0 Å². The fraction of sp³-hybridized carbons (Fsp3) is 0.276. The van der Waals surface area contributed by atoms with Crippen molar-refractivity contribution in [2.75, 3.05) is 5.32 Å². The van der Waals surface area contributed by atoms with Gasteiger partial charge in [-0.15, -0.1) is 0 Å². The number of halogens is 1. The molecule has 3 unspecified atom stereocenters. The second kappa shape index (κ2) is 10.8. The second-order valence-electron chi connectivity index (χ2n) is 9.39. The fourth-order valence-corrected chi connectivity index (χ4v) is 5.09. The average molecular weight is 502 g/mol. The van der Waals surface area contributed by atoms with Gasteiger partial charge >= 0.3 is 0 Å². The number of anilines is 1. The lowest BCUT2D eigenvalue weighted by atomic mass is 9.84. The highest BCUT2D eigenvalue weighted by Gasteiger charge is 2.46. The quantitative estimate of drug-likeness (QED) is 0.503. The number of nitrogens with zero attached hydrogens (tertiary/aromatic N) is 1. The highest BCUT2D eigenvalue weighted by atomic mass is 19.1. The van der Waals surface area contributed by atoms with Gasteiger partial charge in [-0.3, -0.25) is 14.4 Å². The standard InChI is InChI=1S/C29H28FN3O4/c30-20-12-10-19(11-13-20)29(36)33-25-9-5-4-8-24(25)32-28(35)26(33)18-27(34)31-21-14-16-23(17-15-21)37-22-6-2-1-3-7-22/h1-3,6-7,10-17,24-26H,4-5,8-9,18H2,(H,31,34)(H,32,35). The molecule has 1 aliphatic heterocycles. The van der Waals surface area contributed by atoms with Gasteiger partial charge in [0.2, 0.25) is 11.8 Å². The molecule has 2 fully saturated rings. The van der Waals surface area contributed by atoms with E-state index in [0.29, 0.717) is 22.7 Å². The first kappa shape index (κ1) is 24.5. The van der Waals surface area contributed by atoms with Crippen LogP contribution in [0.25, 0.3) is 0 Å². The minimum absolute atomic E-state index is 0.151. The van der Waals surface area contributed by atoms with Crippen LogP contribution in [0.3, 0.4) is 0 Å². The predicted octanol–water partition coefficient (Wildman–Crippen LogP) is 4.90. The van der Waals surface area contributed by atoms with Crippen molar-refractivity contribution in [3.63, 3.8) is 0 Å². The maximum atomic E-state index is 13.5. The Bertz CT molecular complexity index is 1260. The van der Waals surface area contributed by atoms with Crippen LogP contribution in [0, 0.1) is 5.82 Å². The molecular formula is C29H28FN3O4. The molecule has 3 atom stereocenters. The molecule has 3 aromatic carbocycles. The van der Waals surface area contributed by atoms with Gasteiger partial charge in [-0.2, -0.15) is 0 Å². The van der Waals surface area contributed by atoms with Crippen molar-refractivity contribution in [2.45, 2.75) is 50.2 Å². The van der Waals surface area contributed by atoms with Crippen molar-refractivity contribution < 1.29 is 23.5 Å². The number of amides is 3. The molecule has 8 heteroatoms. The van der Waals surface area contributed by atoms with Gasteiger partial charge in [0.15, 0.2) is 0 Å². The molecule has 5 rings (SSSR count). The number of rotatable bonds is 6. The van der Waals surface area contributed by atoms with Crippen LogP contribution in [0.1, 0.15) is 42.5 Å². The van der Waals surface area contributed by atoms with Crippen LogP contribution in [-0.2, 0) is 9.59 Å². The molecule has 2 aliphatic rings. The molecule has 1 heterocycles. The van der Waals surface area contributed by atoms with E-state index in [4.69, 9.17) is 4.74 Å². The molecule has 190 valence electrons. The van der Waals surface area contributed by atoms with E-state index in [1.54, 1.807) is 29.2 Å². The van der Waals surface area contributed by atoms with E-state index in [1.807, 2.05) is 30.3 Å². The number of carbonyl (C=O) groups is 3. The Kier molecular flexibility index (Phi) is 7.16. The Hall–Kier alpha value is -4.20. The van der Waals surface area contributed by atoms with Crippen molar-refractivity contribution in [1.29, 1.82) is 0 Å². The lowest BCUT2D eigenvalue weighted by molar-refractivity contribution is -0.135. The summed E-state index contributed by atoms with van der Waals surface area (Å²) in [5.41, 5.74) is 0.841. The summed E-state index contributed by atoms with van der Waals surface area (Å²) in [6, 6.07) is 20.2. The Morgan fingerprint density at radius 2 is 1.59 bits per heavy atom. The number of para-hydroxylation sites is 1. The average Bonchev–Trinajstić information content (AvgIpc) is 2.91. The van der Waals surface area contributed by atoms with Crippen LogP contribution in [0.2, 0.25) is 0 Å². The molecule has 1 aliphatic carbocycles. The largest absolute Gasteiger partial charge is 0.457 e. The third kappa shape index (κ3) is 5.63. The number of hydrogen-bond donors (Lipinski definition) is 2. The number of carbonyl (C=O) groups excluding carboxylic acids is 3. The fourth-order valence-electron chi connectivity index (χ4n) is 5.09. The van der Waals surface area contributed by atoms with Gasteiger partial charge in [0.25, 0.3) is 5.91 Å². The first-order chi connectivity index (χ1) is 18.0. The first-order valence-corrected chi connectivity index (χ1v) is 12.5. The molecule has 7 nitrogen and oxygen atoms in total. The van der Waals surface area contributed by atoms with Crippen LogP contribution in [0.5, 0.6) is 11.5 Å². The lowest BCUT2D eigenvalue weighted by Gasteiger charge is -2.48. The number of nitrogens with one attached hydrogen (secondary N) is 2. The highest BCUT2D eigenvalue weighted by Crippen LogP contribution is 2.31. The number of ether oxygens (including phenoxy) is 1. The van der Waals surface area contributed by atoms with Crippen LogP contribution < -0.4 is 15.4 Å². The van der Waals surface area contributed by atoms with Crippen LogP contribution in [0.15, 0.2) is 78.9 Å². The summed E-state index contributed by atoms with van der Waals surface area (Å²) in [7, 11) is 0. The summed E-state index contributed by atoms with van der Waals surface area (Å²) in [4.78, 5) is 41.2. The Labute approximate surface area is 214 Å². The van der Waals surface area contributed by atoms with Gasteiger partial charge in [0.05, 0.1) is 12.5 Å². The maximum absolute atomic E-state index is 13.5. The Morgan fingerprint density at radius 1 is 0.919 bits per heavy atom. The third-order valence-corrected chi connectivity index (χ3v) is 6.87. The van der Waals surface area contributed by atoms with Crippen LogP contribution in [-0.4, -0.2) is 40.7 Å². The van der Waals surface area contributed by atoms with E-state index in [2.05, 4.69) is 10.6 Å². The first-order valence-electron chi connectivity index (χ1n) is 12.5. The zero-order valence-corrected chi connectivity index (χ0v) is 20.2. The molecular weight excluding hydrogens is 473 g/mol. The van der Waals surface area contributed by atoms with Gasteiger partial charge in [-0.1, -0.05) is 31.0 Å². The topological polar surface area (TPSA) is 87.7 Å². The molecule has 1 saturated heterocycles. The third-order valence-electron chi connectivity index (χ3n) is 6.87. The van der Waals surface area contributed by atoms with E-state index in [1.165, 1.54) is 24.3 Å². The molecule has 2 N–H and O–H groups in total. The summed E-state index contributed by atoms with van der Waals surface area (Å²) >= 11 is 0. The van der Waals surface area contributed by atoms with Gasteiger partial charge in [-0.05, 0) is 73.5 Å². The van der Waals surface area contributed by atoms with Gasteiger partial charge in [-0.25, -0.2) is 4.39 Å². The Morgan fingerprint density at radius 3 is 2.32 bits per heavy atom. The molecule has 0 radical (unpaired) electrons. The van der Waals surface area contributed by atoms with E-state index in [-0.39, 0.29) is 36.2 Å². The van der Waals surface area contributed by atoms with Crippen molar-refractivity contribution in [3.8, 4) is 11.5 Å². The zero-order valence-electron chi connectivity index (χ0n) is 20.2. The predicted molar refractivity (Wildman–Crippen MR) is 137 cm³/mol. The molecule has 0 bridgehead atoms. The number of piperazine rings is 1. The number of hydrogen-bond acceptors (Lipinski definition) is 4. The number of fused-ring (bicyclic) bond motifs is 1. The summed E-state index contributed by atoms with van der Waals surface area (Å²) < 4.78 is 19.2. The van der Waals surface area contributed by atoms with Crippen molar-refractivity contribution in [2.24, 2.45) is 0 Å². The summed E-state index contributed by atoms with van der Waals surface area (Å²) in [5, 5.41) is 5.84. The summed E-state index contributed by atoms with van der Waals surface area (Å²) in [6.07, 6.45) is 3.22. The number of benzene rings is 3. The zero-order chi connectivity index (χ0) is 25.8. The minimum Gasteiger partial charge on any atom is -0.457 e. The van der Waals surface area contributed by atoms with Crippen molar-refractivity contribution in [3.05, 3.63) is 90.2 Å². The van der Waals surface area contributed by atoms with Gasteiger partial charge < -0.3 is 20.3 Å². The molecule has 1 saturated carbocycles. The molecule has 37 heavy (non-hydrogen) atoms. The SMILES string of the molecule is O=C(CC1C(=O)NC2CCCCC2N1C(=O)c1ccc(F)cc1)Nc1ccc(Oc2ccccc2)cc1. The molecule has 0 aromatic heterocycles. The minimum atomic E-state index is -0.961. The van der Waals surface area contributed by atoms with E-state index in [9.17, 15) is 18.8 Å².